The fourth-order valence-corrected chi connectivity index (χ4v) is 2.32. The first kappa shape index (κ1) is 16.9. The van der Waals surface area contributed by atoms with Crippen molar-refractivity contribution in [2.75, 3.05) is 11.9 Å². The molecule has 0 aliphatic carbocycles. The highest BCUT2D eigenvalue weighted by Crippen LogP contribution is 2.25. The summed E-state index contributed by atoms with van der Waals surface area (Å²) in [4.78, 5) is 7.96. The summed E-state index contributed by atoms with van der Waals surface area (Å²) >= 11 is 0. The second kappa shape index (κ2) is 6.92. The first-order valence-corrected chi connectivity index (χ1v) is 7.34. The quantitative estimate of drug-likeness (QED) is 0.696. The first-order chi connectivity index (χ1) is 11.9. The number of rotatable bonds is 5. The maximum Gasteiger partial charge on any atom is 0.422 e. The zero-order chi connectivity index (χ0) is 17.9. The van der Waals surface area contributed by atoms with Gasteiger partial charge in [0.2, 0.25) is 0 Å². The van der Waals surface area contributed by atoms with Crippen LogP contribution in [-0.4, -0.2) is 22.8 Å². The van der Waals surface area contributed by atoms with Crippen LogP contribution in [0.25, 0.3) is 10.9 Å². The molecule has 8 heteroatoms. The molecule has 4 nitrogen and oxygen atoms in total. The van der Waals surface area contributed by atoms with Gasteiger partial charge in [-0.2, -0.15) is 13.2 Å². The number of anilines is 1. The number of ether oxygens (including phenoxy) is 1. The molecule has 0 fully saturated rings. The number of fused-ring (bicyclic) bond motifs is 1. The highest BCUT2D eigenvalue weighted by Gasteiger charge is 2.28. The molecule has 0 saturated carbocycles. The fraction of sp³-hybridized carbons (Fsp3) is 0.176. The predicted octanol–water partition coefficient (Wildman–Crippen LogP) is 4.32. The Hall–Kier alpha value is -2.90. The van der Waals surface area contributed by atoms with Crippen molar-refractivity contribution >= 4 is 16.7 Å². The molecule has 0 amide bonds. The molecule has 0 saturated heterocycles. The van der Waals surface area contributed by atoms with Gasteiger partial charge in [-0.25, -0.2) is 14.4 Å². The molecule has 130 valence electrons. The molecule has 1 N–H and O–H groups in total. The van der Waals surface area contributed by atoms with Gasteiger partial charge in [0, 0.05) is 17.5 Å². The third-order valence-electron chi connectivity index (χ3n) is 3.43. The van der Waals surface area contributed by atoms with Crippen LogP contribution in [0, 0.1) is 5.82 Å². The van der Waals surface area contributed by atoms with Gasteiger partial charge in [-0.05, 0) is 18.2 Å². The van der Waals surface area contributed by atoms with E-state index in [9.17, 15) is 17.6 Å². The summed E-state index contributed by atoms with van der Waals surface area (Å²) in [6, 6.07) is 10.9. The van der Waals surface area contributed by atoms with Crippen LogP contribution in [0.15, 0.2) is 48.8 Å². The first-order valence-electron chi connectivity index (χ1n) is 7.34. The van der Waals surface area contributed by atoms with Gasteiger partial charge in [0.05, 0.1) is 0 Å². The Balaban J connectivity index is 1.80. The number of hydrogen-bond donors (Lipinski definition) is 1. The third-order valence-corrected chi connectivity index (χ3v) is 3.43. The average molecular weight is 351 g/mol. The standard InChI is InChI=1S/C17H13F4N3O/c18-13-6-3-5-12-15(13)23-10-24-16(12)22-8-11-4-1-2-7-14(11)25-9-17(19,20)21/h1-7,10H,8-9H2,(H,22,23,24). The van der Waals surface area contributed by atoms with Gasteiger partial charge >= 0.3 is 6.18 Å². The van der Waals surface area contributed by atoms with Crippen LogP contribution in [0.5, 0.6) is 5.75 Å². The number of nitrogens with zero attached hydrogens (tertiary/aromatic N) is 2. The minimum atomic E-state index is -4.42. The van der Waals surface area contributed by atoms with E-state index < -0.39 is 18.6 Å². The molecule has 3 rings (SSSR count). The lowest BCUT2D eigenvalue weighted by Gasteiger charge is -2.14. The van der Waals surface area contributed by atoms with E-state index in [0.717, 1.165) is 0 Å². The van der Waals surface area contributed by atoms with Crippen molar-refractivity contribution in [1.82, 2.24) is 9.97 Å². The molecule has 0 bridgehead atoms. The van der Waals surface area contributed by atoms with Gasteiger partial charge in [-0.3, -0.25) is 0 Å². The highest BCUT2D eigenvalue weighted by molar-refractivity contribution is 5.89. The van der Waals surface area contributed by atoms with Crippen LogP contribution >= 0.6 is 0 Å². The van der Waals surface area contributed by atoms with Gasteiger partial charge in [0.25, 0.3) is 0 Å². The molecular formula is C17H13F4N3O. The van der Waals surface area contributed by atoms with E-state index >= 15 is 0 Å². The number of halogens is 4. The van der Waals surface area contributed by atoms with E-state index in [1.807, 2.05) is 0 Å². The molecule has 1 heterocycles. The molecular weight excluding hydrogens is 338 g/mol. The topological polar surface area (TPSA) is 47.0 Å². The fourth-order valence-electron chi connectivity index (χ4n) is 2.32. The molecule has 0 unspecified atom stereocenters. The Morgan fingerprint density at radius 3 is 2.60 bits per heavy atom. The van der Waals surface area contributed by atoms with Crippen molar-refractivity contribution in [2.24, 2.45) is 0 Å². The summed E-state index contributed by atoms with van der Waals surface area (Å²) in [6.07, 6.45) is -3.19. The molecule has 0 atom stereocenters. The smallest absolute Gasteiger partial charge is 0.422 e. The van der Waals surface area contributed by atoms with E-state index in [1.165, 1.54) is 24.5 Å². The van der Waals surface area contributed by atoms with Crippen LogP contribution in [-0.2, 0) is 6.54 Å². The number of alkyl halides is 3. The number of hydrogen-bond acceptors (Lipinski definition) is 4. The number of para-hydroxylation sites is 2. The maximum atomic E-state index is 13.8. The normalized spacial score (nSPS) is 11.5. The van der Waals surface area contributed by atoms with E-state index in [-0.39, 0.29) is 17.8 Å². The molecule has 0 radical (unpaired) electrons. The van der Waals surface area contributed by atoms with E-state index in [2.05, 4.69) is 15.3 Å². The van der Waals surface area contributed by atoms with Crippen molar-refractivity contribution < 1.29 is 22.3 Å². The molecule has 1 aromatic heterocycles. The van der Waals surface area contributed by atoms with E-state index in [4.69, 9.17) is 4.74 Å². The largest absolute Gasteiger partial charge is 0.484 e. The van der Waals surface area contributed by atoms with Crippen molar-refractivity contribution in [3.63, 3.8) is 0 Å². The molecule has 0 aliphatic rings. The third kappa shape index (κ3) is 4.14. The van der Waals surface area contributed by atoms with Crippen molar-refractivity contribution in [3.8, 4) is 5.75 Å². The Morgan fingerprint density at radius 2 is 1.80 bits per heavy atom. The zero-order valence-electron chi connectivity index (χ0n) is 12.8. The van der Waals surface area contributed by atoms with Gasteiger partial charge in [-0.1, -0.05) is 24.3 Å². The Kier molecular flexibility index (Phi) is 4.69. The van der Waals surface area contributed by atoms with Crippen molar-refractivity contribution in [2.45, 2.75) is 12.7 Å². The van der Waals surface area contributed by atoms with Crippen LogP contribution in [0.3, 0.4) is 0 Å². The number of aromatic nitrogens is 2. The van der Waals surface area contributed by atoms with Crippen LogP contribution in [0.2, 0.25) is 0 Å². The number of benzene rings is 2. The van der Waals surface area contributed by atoms with E-state index in [1.54, 1.807) is 24.3 Å². The number of nitrogens with one attached hydrogen (secondary N) is 1. The van der Waals surface area contributed by atoms with Gasteiger partial charge < -0.3 is 10.1 Å². The van der Waals surface area contributed by atoms with E-state index in [0.29, 0.717) is 16.8 Å². The van der Waals surface area contributed by atoms with Crippen LogP contribution in [0.4, 0.5) is 23.4 Å². The average Bonchev–Trinajstić information content (AvgIpc) is 2.58. The molecule has 2 aromatic carbocycles. The predicted molar refractivity (Wildman–Crippen MR) is 84.8 cm³/mol. The Morgan fingerprint density at radius 1 is 1.00 bits per heavy atom. The summed E-state index contributed by atoms with van der Waals surface area (Å²) in [5, 5.41) is 3.47. The molecule has 25 heavy (non-hydrogen) atoms. The summed E-state index contributed by atoms with van der Waals surface area (Å²) < 4.78 is 55.6. The second-order valence-corrected chi connectivity index (χ2v) is 5.22. The second-order valence-electron chi connectivity index (χ2n) is 5.22. The SMILES string of the molecule is Fc1cccc2c(NCc3ccccc3OCC(F)(F)F)ncnc12. The maximum absolute atomic E-state index is 13.8. The summed E-state index contributed by atoms with van der Waals surface area (Å²) in [6.45, 7) is -1.21. The zero-order valence-corrected chi connectivity index (χ0v) is 12.8. The molecule has 3 aromatic rings. The highest BCUT2D eigenvalue weighted by atomic mass is 19.4. The minimum absolute atomic E-state index is 0.122. The Bertz CT molecular complexity index is 883. The van der Waals surface area contributed by atoms with Crippen LogP contribution in [0.1, 0.15) is 5.56 Å². The minimum Gasteiger partial charge on any atom is -0.484 e. The summed E-state index contributed by atoms with van der Waals surface area (Å²) in [7, 11) is 0. The lowest BCUT2D eigenvalue weighted by Crippen LogP contribution is -2.20. The molecule has 0 spiro atoms. The van der Waals surface area contributed by atoms with Gasteiger partial charge in [0.1, 0.15) is 29.2 Å². The van der Waals surface area contributed by atoms with Gasteiger partial charge in [-0.15, -0.1) is 0 Å². The molecule has 0 aliphatic heterocycles. The van der Waals surface area contributed by atoms with Crippen LogP contribution < -0.4 is 10.1 Å². The van der Waals surface area contributed by atoms with Gasteiger partial charge in [0.15, 0.2) is 6.61 Å². The Labute approximate surface area is 140 Å². The summed E-state index contributed by atoms with van der Waals surface area (Å²) in [5.41, 5.74) is 0.691. The lowest BCUT2D eigenvalue weighted by atomic mass is 10.2. The van der Waals surface area contributed by atoms with Crippen molar-refractivity contribution in [3.05, 3.63) is 60.2 Å². The van der Waals surface area contributed by atoms with Crippen molar-refractivity contribution in [1.29, 1.82) is 0 Å². The monoisotopic (exact) mass is 351 g/mol. The summed E-state index contributed by atoms with van der Waals surface area (Å²) in [5.74, 6) is 0.0313. The lowest BCUT2D eigenvalue weighted by molar-refractivity contribution is -0.153.